The minimum absolute atomic E-state index is 0.113. The molecule has 0 heterocycles. The number of ketones is 1. The van der Waals surface area contributed by atoms with Crippen molar-refractivity contribution in [2.45, 2.75) is 194 Å². The molecule has 0 fully saturated rings. The summed E-state index contributed by atoms with van der Waals surface area (Å²) in [6.07, 6.45) is 36.5. The maximum atomic E-state index is 13.3. The molecule has 3 rings (SSSR count). The number of carbonyl (C=O) groups is 3. The summed E-state index contributed by atoms with van der Waals surface area (Å²) in [5.41, 5.74) is 1.24. The molecule has 0 unspecified atom stereocenters. The third-order valence-electron chi connectivity index (χ3n) is 11.4. The zero-order chi connectivity index (χ0) is 42.9. The number of rotatable bonds is 37. The van der Waals surface area contributed by atoms with Crippen molar-refractivity contribution in [2.24, 2.45) is 0 Å². The van der Waals surface area contributed by atoms with Gasteiger partial charge in [0.15, 0.2) is 17.3 Å². The standard InChI is InChI=1S/C53H78O7/c1-3-5-7-9-11-13-15-17-19-21-23-25-27-29-41-58-49-40-37-47(43-50(49)59-42-30-28-26-24-22-20-18-16-14-12-10-8-6-4-2)53(57)60-48-38-35-45(36-39-48)51(54)44-31-33-46(34-32-44)52(55)56/h31-40,43H,3-30,41-42H2,1-2H3,(H,55,56). The Morgan fingerprint density at radius 2 is 0.733 bits per heavy atom. The van der Waals surface area contributed by atoms with Crippen LogP contribution < -0.4 is 14.2 Å². The smallest absolute Gasteiger partial charge is 0.343 e. The molecule has 0 radical (unpaired) electrons. The van der Waals surface area contributed by atoms with Crippen molar-refractivity contribution in [3.8, 4) is 17.2 Å². The lowest BCUT2D eigenvalue weighted by atomic mass is 10.0. The van der Waals surface area contributed by atoms with Gasteiger partial charge in [0, 0.05) is 11.1 Å². The molecular formula is C53H78O7. The van der Waals surface area contributed by atoms with Crippen LogP contribution in [0.25, 0.3) is 0 Å². The van der Waals surface area contributed by atoms with Gasteiger partial charge in [-0.15, -0.1) is 0 Å². The highest BCUT2D eigenvalue weighted by molar-refractivity contribution is 6.09. The van der Waals surface area contributed by atoms with Gasteiger partial charge in [-0.2, -0.15) is 0 Å². The number of esters is 1. The second-order valence-corrected chi connectivity index (χ2v) is 16.7. The van der Waals surface area contributed by atoms with Crippen LogP contribution in [0.1, 0.15) is 230 Å². The summed E-state index contributed by atoms with van der Waals surface area (Å²) in [6, 6.07) is 17.4. The van der Waals surface area contributed by atoms with E-state index in [1.165, 1.54) is 178 Å². The molecule has 3 aromatic carbocycles. The zero-order valence-corrected chi connectivity index (χ0v) is 37.5. The number of carboxylic acids is 1. The van der Waals surface area contributed by atoms with Gasteiger partial charge in [0.05, 0.1) is 24.3 Å². The summed E-state index contributed by atoms with van der Waals surface area (Å²) in [5.74, 6) is -0.328. The molecule has 0 amide bonds. The molecule has 0 atom stereocenters. The molecule has 7 heteroatoms. The Hall–Kier alpha value is -4.13. The van der Waals surface area contributed by atoms with Crippen LogP contribution in [0.5, 0.6) is 17.2 Å². The van der Waals surface area contributed by atoms with E-state index in [1.54, 1.807) is 42.5 Å². The van der Waals surface area contributed by atoms with E-state index in [2.05, 4.69) is 13.8 Å². The fourth-order valence-corrected chi connectivity index (χ4v) is 7.60. The van der Waals surface area contributed by atoms with Crippen LogP contribution in [-0.4, -0.2) is 36.0 Å². The Labute approximate surface area is 363 Å². The topological polar surface area (TPSA) is 99.1 Å². The van der Waals surface area contributed by atoms with E-state index in [4.69, 9.17) is 19.3 Å². The maximum Gasteiger partial charge on any atom is 0.343 e. The fourth-order valence-electron chi connectivity index (χ4n) is 7.60. The minimum Gasteiger partial charge on any atom is -0.490 e. The molecule has 0 bridgehead atoms. The lowest BCUT2D eigenvalue weighted by molar-refractivity contribution is 0.0694. The lowest BCUT2D eigenvalue weighted by Crippen LogP contribution is -2.10. The van der Waals surface area contributed by atoms with Gasteiger partial charge in [-0.3, -0.25) is 4.79 Å². The average Bonchev–Trinajstić information content (AvgIpc) is 3.26. The highest BCUT2D eigenvalue weighted by Crippen LogP contribution is 2.30. The van der Waals surface area contributed by atoms with E-state index in [0.29, 0.717) is 47.2 Å². The predicted octanol–water partition coefficient (Wildman–Crippen LogP) is 15.6. The van der Waals surface area contributed by atoms with Crippen molar-refractivity contribution < 1.29 is 33.7 Å². The molecule has 0 aliphatic carbocycles. The van der Waals surface area contributed by atoms with Gasteiger partial charge in [0.1, 0.15) is 5.75 Å². The fraction of sp³-hybridized carbons (Fsp3) is 0.604. The van der Waals surface area contributed by atoms with Crippen LogP contribution in [0.3, 0.4) is 0 Å². The molecule has 1 N–H and O–H groups in total. The molecule has 0 spiro atoms. The van der Waals surface area contributed by atoms with E-state index < -0.39 is 11.9 Å². The van der Waals surface area contributed by atoms with Gasteiger partial charge in [-0.25, -0.2) is 9.59 Å². The minimum atomic E-state index is -1.05. The molecular weight excluding hydrogens is 749 g/mol. The van der Waals surface area contributed by atoms with Gasteiger partial charge < -0.3 is 19.3 Å². The van der Waals surface area contributed by atoms with E-state index in [-0.39, 0.29) is 11.3 Å². The Bertz CT molecular complexity index is 1580. The third kappa shape index (κ3) is 21.9. The Kier molecular flexibility index (Phi) is 27.3. The van der Waals surface area contributed by atoms with Crippen LogP contribution in [0.4, 0.5) is 0 Å². The number of carboxylic acid groups (broad SMARTS) is 1. The zero-order valence-electron chi connectivity index (χ0n) is 37.5. The SMILES string of the molecule is CCCCCCCCCCCCCCCCOc1ccc(C(=O)Oc2ccc(C(=O)c3ccc(C(=O)O)cc3)cc2)cc1OCCCCCCCCCCCCCCCC. The van der Waals surface area contributed by atoms with Crippen LogP contribution in [-0.2, 0) is 0 Å². The Morgan fingerprint density at radius 1 is 0.400 bits per heavy atom. The molecule has 60 heavy (non-hydrogen) atoms. The van der Waals surface area contributed by atoms with Crippen LogP contribution in [0.2, 0.25) is 0 Å². The Morgan fingerprint density at radius 3 is 1.13 bits per heavy atom. The predicted molar refractivity (Wildman–Crippen MR) is 246 cm³/mol. The number of ether oxygens (including phenoxy) is 3. The summed E-state index contributed by atoms with van der Waals surface area (Å²) in [5, 5.41) is 9.14. The van der Waals surface area contributed by atoms with Crippen molar-refractivity contribution in [3.05, 3.63) is 89.0 Å². The largest absolute Gasteiger partial charge is 0.490 e. The number of hydrogen-bond donors (Lipinski definition) is 1. The third-order valence-corrected chi connectivity index (χ3v) is 11.4. The summed E-state index contributed by atoms with van der Waals surface area (Å²) in [4.78, 5) is 37.4. The van der Waals surface area contributed by atoms with Crippen LogP contribution >= 0.6 is 0 Å². The van der Waals surface area contributed by atoms with Gasteiger partial charge in [-0.1, -0.05) is 193 Å². The average molecular weight is 827 g/mol. The van der Waals surface area contributed by atoms with E-state index >= 15 is 0 Å². The highest BCUT2D eigenvalue weighted by Gasteiger charge is 2.16. The lowest BCUT2D eigenvalue weighted by Gasteiger charge is -2.14. The first-order valence-corrected chi connectivity index (χ1v) is 24.0. The van der Waals surface area contributed by atoms with Crippen molar-refractivity contribution in [2.75, 3.05) is 13.2 Å². The first-order valence-electron chi connectivity index (χ1n) is 24.0. The normalized spacial score (nSPS) is 11.1. The molecule has 7 nitrogen and oxygen atoms in total. The highest BCUT2D eigenvalue weighted by atomic mass is 16.5. The van der Waals surface area contributed by atoms with Crippen molar-refractivity contribution in [1.82, 2.24) is 0 Å². The second-order valence-electron chi connectivity index (χ2n) is 16.7. The van der Waals surface area contributed by atoms with Gasteiger partial charge in [-0.05, 0) is 67.4 Å². The number of hydrogen-bond acceptors (Lipinski definition) is 6. The van der Waals surface area contributed by atoms with E-state index in [1.807, 2.05) is 0 Å². The number of benzene rings is 3. The second kappa shape index (κ2) is 32.6. The van der Waals surface area contributed by atoms with Crippen molar-refractivity contribution in [1.29, 1.82) is 0 Å². The molecule has 3 aromatic rings. The number of unbranched alkanes of at least 4 members (excludes halogenated alkanes) is 26. The number of carbonyl (C=O) groups excluding carboxylic acids is 2. The van der Waals surface area contributed by atoms with Gasteiger partial charge in [0.25, 0.3) is 0 Å². The van der Waals surface area contributed by atoms with Crippen LogP contribution in [0, 0.1) is 0 Å². The summed E-state index contributed by atoms with van der Waals surface area (Å²) in [7, 11) is 0. The number of aromatic carboxylic acids is 1. The van der Waals surface area contributed by atoms with Gasteiger partial charge in [0.2, 0.25) is 0 Å². The summed E-state index contributed by atoms with van der Waals surface area (Å²) >= 11 is 0. The Balaban J connectivity index is 1.44. The van der Waals surface area contributed by atoms with Gasteiger partial charge >= 0.3 is 11.9 Å². The van der Waals surface area contributed by atoms with Crippen molar-refractivity contribution in [3.63, 3.8) is 0 Å². The molecule has 0 saturated heterocycles. The molecule has 0 saturated carbocycles. The first-order chi connectivity index (χ1) is 29.4. The van der Waals surface area contributed by atoms with E-state index in [0.717, 1.165) is 25.7 Å². The van der Waals surface area contributed by atoms with Crippen LogP contribution in [0.15, 0.2) is 66.7 Å². The molecule has 0 aliphatic heterocycles. The summed E-state index contributed by atoms with van der Waals surface area (Å²) in [6.45, 7) is 5.70. The first kappa shape index (κ1) is 50.2. The monoisotopic (exact) mass is 827 g/mol. The van der Waals surface area contributed by atoms with E-state index in [9.17, 15) is 14.4 Å². The quantitative estimate of drug-likeness (QED) is 0.0267. The maximum absolute atomic E-state index is 13.3. The molecule has 332 valence electrons. The van der Waals surface area contributed by atoms with Crippen molar-refractivity contribution >= 4 is 17.7 Å². The molecule has 0 aliphatic rings. The molecule has 0 aromatic heterocycles. The summed E-state index contributed by atoms with van der Waals surface area (Å²) < 4.78 is 18.2.